The van der Waals surface area contributed by atoms with Gasteiger partial charge in [-0.25, -0.2) is 0 Å². The number of rotatable bonds is 7. The van der Waals surface area contributed by atoms with Gasteiger partial charge in [0.05, 0.1) is 0 Å². The second-order valence-corrected chi connectivity index (χ2v) is 6.62. The summed E-state index contributed by atoms with van der Waals surface area (Å²) in [6.07, 6.45) is 3.88. The van der Waals surface area contributed by atoms with Crippen LogP contribution < -0.4 is 15.0 Å². The maximum Gasteiger partial charge on any atom is 0.257 e. The number of anilines is 1. The molecule has 2 saturated heterocycles. The van der Waals surface area contributed by atoms with E-state index in [0.29, 0.717) is 31.7 Å². The zero-order valence-electron chi connectivity index (χ0n) is 14.9. The molecule has 0 radical (unpaired) electrons. The van der Waals surface area contributed by atoms with E-state index in [-0.39, 0.29) is 24.3 Å². The lowest BCUT2D eigenvalue weighted by molar-refractivity contribution is -0.130. The van der Waals surface area contributed by atoms with Crippen LogP contribution in [0.25, 0.3) is 0 Å². The van der Waals surface area contributed by atoms with E-state index in [4.69, 9.17) is 4.74 Å². The quantitative estimate of drug-likeness (QED) is 0.796. The highest BCUT2D eigenvalue weighted by Crippen LogP contribution is 2.25. The molecule has 0 unspecified atom stereocenters. The number of likely N-dealkylation sites (tertiary alicyclic amines) is 1. The van der Waals surface area contributed by atoms with Crippen LogP contribution in [-0.4, -0.2) is 55.4 Å². The standard InChI is InChI=1S/C19H25N3O4/c23-17(20-9-8-18(24)21-10-1-2-11-21)14-26-16-6-3-5-15(13-16)22-12-4-7-19(22)25/h3,5-6,13H,1-2,4,7-12,14H2,(H,20,23). The van der Waals surface area contributed by atoms with E-state index in [0.717, 1.165) is 38.0 Å². The highest BCUT2D eigenvalue weighted by Gasteiger charge is 2.22. The van der Waals surface area contributed by atoms with E-state index in [2.05, 4.69) is 5.32 Å². The molecule has 3 rings (SSSR count). The minimum Gasteiger partial charge on any atom is -0.484 e. The van der Waals surface area contributed by atoms with E-state index in [9.17, 15) is 14.4 Å². The van der Waals surface area contributed by atoms with Crippen LogP contribution in [0, 0.1) is 0 Å². The molecule has 2 aliphatic heterocycles. The molecule has 140 valence electrons. The first kappa shape index (κ1) is 18.2. The normalized spacial score (nSPS) is 16.8. The van der Waals surface area contributed by atoms with E-state index in [1.807, 2.05) is 17.0 Å². The fourth-order valence-electron chi connectivity index (χ4n) is 3.30. The Hall–Kier alpha value is -2.57. The summed E-state index contributed by atoms with van der Waals surface area (Å²) >= 11 is 0. The summed E-state index contributed by atoms with van der Waals surface area (Å²) in [6, 6.07) is 7.20. The number of hydrogen-bond acceptors (Lipinski definition) is 4. The first-order valence-corrected chi connectivity index (χ1v) is 9.21. The molecule has 1 aromatic carbocycles. The van der Waals surface area contributed by atoms with Gasteiger partial charge in [-0.1, -0.05) is 6.07 Å². The van der Waals surface area contributed by atoms with Gasteiger partial charge in [-0.2, -0.15) is 0 Å². The number of amides is 3. The van der Waals surface area contributed by atoms with E-state index >= 15 is 0 Å². The largest absolute Gasteiger partial charge is 0.484 e. The number of hydrogen-bond donors (Lipinski definition) is 1. The zero-order chi connectivity index (χ0) is 18.4. The van der Waals surface area contributed by atoms with Gasteiger partial charge in [-0.3, -0.25) is 14.4 Å². The number of nitrogens with one attached hydrogen (secondary N) is 1. The third kappa shape index (κ3) is 4.74. The van der Waals surface area contributed by atoms with Crippen molar-refractivity contribution in [3.8, 4) is 5.75 Å². The van der Waals surface area contributed by atoms with Crippen molar-refractivity contribution < 1.29 is 19.1 Å². The number of carbonyl (C=O) groups excluding carboxylic acids is 3. The molecule has 1 aromatic rings. The van der Waals surface area contributed by atoms with Crippen LogP contribution in [0.2, 0.25) is 0 Å². The van der Waals surface area contributed by atoms with Crippen LogP contribution in [0.15, 0.2) is 24.3 Å². The highest BCUT2D eigenvalue weighted by molar-refractivity contribution is 5.95. The van der Waals surface area contributed by atoms with Crippen LogP contribution in [0.1, 0.15) is 32.1 Å². The summed E-state index contributed by atoms with van der Waals surface area (Å²) < 4.78 is 5.52. The fraction of sp³-hybridized carbons (Fsp3) is 0.526. The van der Waals surface area contributed by atoms with Crippen molar-refractivity contribution >= 4 is 23.4 Å². The van der Waals surface area contributed by atoms with Gasteiger partial charge in [-0.05, 0) is 31.4 Å². The minimum absolute atomic E-state index is 0.0895. The van der Waals surface area contributed by atoms with Gasteiger partial charge < -0.3 is 19.9 Å². The molecule has 0 spiro atoms. The van der Waals surface area contributed by atoms with Crippen molar-refractivity contribution in [2.75, 3.05) is 37.7 Å². The van der Waals surface area contributed by atoms with Crippen molar-refractivity contribution in [1.82, 2.24) is 10.2 Å². The third-order valence-electron chi connectivity index (χ3n) is 4.69. The van der Waals surface area contributed by atoms with Gasteiger partial charge in [0.2, 0.25) is 11.8 Å². The minimum atomic E-state index is -0.262. The molecular weight excluding hydrogens is 334 g/mol. The maximum atomic E-state index is 11.9. The first-order chi connectivity index (χ1) is 12.6. The van der Waals surface area contributed by atoms with Crippen molar-refractivity contribution in [2.45, 2.75) is 32.1 Å². The number of benzene rings is 1. The predicted octanol–water partition coefficient (Wildman–Crippen LogP) is 1.32. The molecule has 1 N–H and O–H groups in total. The average molecular weight is 359 g/mol. The second-order valence-electron chi connectivity index (χ2n) is 6.62. The van der Waals surface area contributed by atoms with E-state index in [1.165, 1.54) is 0 Å². The highest BCUT2D eigenvalue weighted by atomic mass is 16.5. The predicted molar refractivity (Wildman–Crippen MR) is 97.0 cm³/mol. The Morgan fingerprint density at radius 2 is 1.92 bits per heavy atom. The van der Waals surface area contributed by atoms with E-state index < -0.39 is 0 Å². The van der Waals surface area contributed by atoms with E-state index in [1.54, 1.807) is 17.0 Å². The van der Waals surface area contributed by atoms with Gasteiger partial charge in [-0.15, -0.1) is 0 Å². The van der Waals surface area contributed by atoms with Crippen molar-refractivity contribution in [2.24, 2.45) is 0 Å². The Morgan fingerprint density at radius 1 is 1.12 bits per heavy atom. The molecule has 7 nitrogen and oxygen atoms in total. The Bertz CT molecular complexity index is 671. The lowest BCUT2D eigenvalue weighted by Gasteiger charge is -2.17. The summed E-state index contributed by atoms with van der Waals surface area (Å²) in [6.45, 7) is 2.57. The smallest absolute Gasteiger partial charge is 0.257 e. The summed E-state index contributed by atoms with van der Waals surface area (Å²) in [5, 5.41) is 2.71. The molecule has 26 heavy (non-hydrogen) atoms. The Labute approximate surface area is 153 Å². The number of carbonyl (C=O) groups is 3. The lowest BCUT2D eigenvalue weighted by Crippen LogP contribution is -2.34. The molecular formula is C19H25N3O4. The van der Waals surface area contributed by atoms with Crippen LogP contribution >= 0.6 is 0 Å². The van der Waals surface area contributed by atoms with Gasteiger partial charge >= 0.3 is 0 Å². The maximum absolute atomic E-state index is 11.9. The lowest BCUT2D eigenvalue weighted by atomic mass is 10.3. The molecule has 2 heterocycles. The topological polar surface area (TPSA) is 79.0 Å². The van der Waals surface area contributed by atoms with Gasteiger partial charge in [0, 0.05) is 50.8 Å². The molecule has 0 atom stereocenters. The molecule has 0 saturated carbocycles. The van der Waals surface area contributed by atoms with Crippen molar-refractivity contribution in [3.63, 3.8) is 0 Å². The Balaban J connectivity index is 1.40. The molecule has 2 fully saturated rings. The summed E-state index contributed by atoms with van der Waals surface area (Å²) in [4.78, 5) is 39.2. The summed E-state index contributed by atoms with van der Waals surface area (Å²) in [5.41, 5.74) is 0.793. The van der Waals surface area contributed by atoms with Gasteiger partial charge in [0.25, 0.3) is 5.91 Å². The fourth-order valence-corrected chi connectivity index (χ4v) is 3.30. The van der Waals surface area contributed by atoms with Gasteiger partial charge in [0.15, 0.2) is 6.61 Å². The van der Waals surface area contributed by atoms with Crippen molar-refractivity contribution in [1.29, 1.82) is 0 Å². The molecule has 0 bridgehead atoms. The molecule has 2 aliphatic rings. The third-order valence-corrected chi connectivity index (χ3v) is 4.69. The van der Waals surface area contributed by atoms with Crippen LogP contribution in [-0.2, 0) is 14.4 Å². The Morgan fingerprint density at radius 3 is 2.65 bits per heavy atom. The summed E-state index contributed by atoms with van der Waals surface area (Å²) in [5.74, 6) is 0.488. The first-order valence-electron chi connectivity index (χ1n) is 9.21. The SMILES string of the molecule is O=C(COc1cccc(N2CCCC2=O)c1)NCCC(=O)N1CCCC1. The number of nitrogens with zero attached hydrogens (tertiary/aromatic N) is 2. The van der Waals surface area contributed by atoms with Crippen LogP contribution in [0.4, 0.5) is 5.69 Å². The zero-order valence-corrected chi connectivity index (χ0v) is 14.9. The summed E-state index contributed by atoms with van der Waals surface area (Å²) in [7, 11) is 0. The number of ether oxygens (including phenoxy) is 1. The van der Waals surface area contributed by atoms with Crippen LogP contribution in [0.5, 0.6) is 5.75 Å². The van der Waals surface area contributed by atoms with Gasteiger partial charge in [0.1, 0.15) is 5.75 Å². The Kier molecular flexibility index (Phi) is 6.09. The monoisotopic (exact) mass is 359 g/mol. The van der Waals surface area contributed by atoms with Crippen LogP contribution in [0.3, 0.4) is 0 Å². The molecule has 0 aliphatic carbocycles. The average Bonchev–Trinajstić information content (AvgIpc) is 3.32. The van der Waals surface area contributed by atoms with Crippen molar-refractivity contribution in [3.05, 3.63) is 24.3 Å². The second kappa shape index (κ2) is 8.69. The molecule has 7 heteroatoms. The molecule has 0 aromatic heterocycles. The molecule has 3 amide bonds.